The van der Waals surface area contributed by atoms with Crippen LogP contribution in [0, 0.1) is 0 Å². The number of hydrogen-bond donors (Lipinski definition) is 2. The fourth-order valence-electron chi connectivity index (χ4n) is 3.41. The Morgan fingerprint density at radius 2 is 2.05 bits per heavy atom. The average Bonchev–Trinajstić information content (AvgIpc) is 2.87. The summed E-state index contributed by atoms with van der Waals surface area (Å²) >= 11 is 0. The van der Waals surface area contributed by atoms with Crippen molar-refractivity contribution in [1.29, 1.82) is 0 Å². The highest BCUT2D eigenvalue weighted by Crippen LogP contribution is 2.38. The Hall–Kier alpha value is -1.56. The van der Waals surface area contributed by atoms with Gasteiger partial charge in [-0.25, -0.2) is 0 Å². The van der Waals surface area contributed by atoms with E-state index in [4.69, 9.17) is 0 Å². The van der Waals surface area contributed by atoms with E-state index in [1.54, 1.807) is 6.07 Å². The SMILES string of the molecule is CC[C@H]1CCC[C@@H](c2cc3c(c(C(F)(F)F)c2)CNC3=O)N1. The number of halogens is 3. The van der Waals surface area contributed by atoms with E-state index in [-0.39, 0.29) is 23.7 Å². The van der Waals surface area contributed by atoms with Gasteiger partial charge in [-0.05, 0) is 42.5 Å². The van der Waals surface area contributed by atoms with Gasteiger partial charge in [0.15, 0.2) is 0 Å². The van der Waals surface area contributed by atoms with Gasteiger partial charge in [-0.2, -0.15) is 13.2 Å². The van der Waals surface area contributed by atoms with Gasteiger partial charge in [-0.1, -0.05) is 13.3 Å². The van der Waals surface area contributed by atoms with Gasteiger partial charge in [-0.3, -0.25) is 4.79 Å². The first-order chi connectivity index (χ1) is 10.4. The summed E-state index contributed by atoms with van der Waals surface area (Å²) in [5, 5.41) is 5.89. The Morgan fingerprint density at radius 1 is 1.27 bits per heavy atom. The number of rotatable bonds is 2. The standard InChI is InChI=1S/C16H19F3N2O/c1-2-10-4-3-5-14(21-10)9-6-11-12(8-20-15(11)22)13(7-9)16(17,18)19/h6-7,10,14,21H,2-5,8H2,1H3,(H,20,22)/t10-,14-/m0/s1. The summed E-state index contributed by atoms with van der Waals surface area (Å²) in [4.78, 5) is 11.8. The van der Waals surface area contributed by atoms with Crippen LogP contribution in [0.15, 0.2) is 12.1 Å². The van der Waals surface area contributed by atoms with Gasteiger partial charge in [-0.15, -0.1) is 0 Å². The van der Waals surface area contributed by atoms with Crippen LogP contribution in [-0.2, 0) is 12.7 Å². The van der Waals surface area contributed by atoms with Crippen LogP contribution in [-0.4, -0.2) is 11.9 Å². The van der Waals surface area contributed by atoms with Gasteiger partial charge in [0, 0.05) is 24.2 Å². The van der Waals surface area contributed by atoms with E-state index in [0.717, 1.165) is 25.7 Å². The number of piperidine rings is 1. The number of fused-ring (bicyclic) bond motifs is 1. The molecule has 2 aliphatic heterocycles. The highest BCUT2D eigenvalue weighted by molar-refractivity contribution is 5.99. The van der Waals surface area contributed by atoms with E-state index >= 15 is 0 Å². The van der Waals surface area contributed by atoms with E-state index in [0.29, 0.717) is 11.6 Å². The van der Waals surface area contributed by atoms with Crippen molar-refractivity contribution in [1.82, 2.24) is 10.6 Å². The fraction of sp³-hybridized carbons (Fsp3) is 0.562. The second kappa shape index (κ2) is 5.57. The van der Waals surface area contributed by atoms with Crippen LogP contribution in [0.2, 0.25) is 0 Å². The number of carbonyl (C=O) groups excluding carboxylic acids is 1. The molecule has 2 aliphatic rings. The molecule has 2 atom stereocenters. The van der Waals surface area contributed by atoms with Crippen molar-refractivity contribution in [3.63, 3.8) is 0 Å². The minimum absolute atomic E-state index is 0.0427. The lowest BCUT2D eigenvalue weighted by molar-refractivity contribution is -0.138. The van der Waals surface area contributed by atoms with Gasteiger partial charge in [0.05, 0.1) is 5.56 Å². The minimum Gasteiger partial charge on any atom is -0.348 e. The van der Waals surface area contributed by atoms with E-state index in [2.05, 4.69) is 17.6 Å². The summed E-state index contributed by atoms with van der Waals surface area (Å²) in [7, 11) is 0. The van der Waals surface area contributed by atoms with Gasteiger partial charge in [0.2, 0.25) is 0 Å². The highest BCUT2D eigenvalue weighted by atomic mass is 19.4. The first-order valence-electron chi connectivity index (χ1n) is 7.68. The van der Waals surface area contributed by atoms with Crippen LogP contribution in [0.5, 0.6) is 0 Å². The van der Waals surface area contributed by atoms with Crippen LogP contribution in [0.1, 0.15) is 65.7 Å². The Kier molecular flexibility index (Phi) is 3.89. The lowest BCUT2D eigenvalue weighted by Gasteiger charge is -2.31. The second-order valence-electron chi connectivity index (χ2n) is 6.03. The molecule has 1 saturated heterocycles. The predicted molar refractivity (Wildman–Crippen MR) is 76.4 cm³/mol. The fourth-order valence-corrected chi connectivity index (χ4v) is 3.41. The van der Waals surface area contributed by atoms with Crippen LogP contribution < -0.4 is 10.6 Å². The molecule has 0 bridgehead atoms. The smallest absolute Gasteiger partial charge is 0.348 e. The van der Waals surface area contributed by atoms with Gasteiger partial charge < -0.3 is 10.6 Å². The number of nitrogens with one attached hydrogen (secondary N) is 2. The van der Waals surface area contributed by atoms with Crippen molar-refractivity contribution < 1.29 is 18.0 Å². The topological polar surface area (TPSA) is 41.1 Å². The molecule has 0 spiro atoms. The molecule has 3 rings (SSSR count). The molecule has 3 nitrogen and oxygen atoms in total. The largest absolute Gasteiger partial charge is 0.416 e. The van der Waals surface area contributed by atoms with E-state index in [1.165, 1.54) is 6.07 Å². The quantitative estimate of drug-likeness (QED) is 0.877. The molecule has 120 valence electrons. The van der Waals surface area contributed by atoms with Crippen molar-refractivity contribution in [3.8, 4) is 0 Å². The summed E-state index contributed by atoms with van der Waals surface area (Å²) in [5.74, 6) is -0.412. The number of hydrogen-bond acceptors (Lipinski definition) is 2. The molecule has 22 heavy (non-hydrogen) atoms. The summed E-state index contributed by atoms with van der Waals surface area (Å²) in [6.07, 6.45) is -0.654. The van der Waals surface area contributed by atoms with Crippen molar-refractivity contribution >= 4 is 5.91 Å². The lowest BCUT2D eigenvalue weighted by Crippen LogP contribution is -2.36. The maximum atomic E-state index is 13.3. The molecular weight excluding hydrogens is 293 g/mol. The first-order valence-corrected chi connectivity index (χ1v) is 7.68. The van der Waals surface area contributed by atoms with E-state index in [1.807, 2.05) is 0 Å². The minimum atomic E-state index is -4.44. The third-order valence-electron chi connectivity index (χ3n) is 4.63. The second-order valence-corrected chi connectivity index (χ2v) is 6.03. The Morgan fingerprint density at radius 3 is 2.73 bits per heavy atom. The predicted octanol–water partition coefficient (Wildman–Crippen LogP) is 3.54. The highest BCUT2D eigenvalue weighted by Gasteiger charge is 2.38. The van der Waals surface area contributed by atoms with Crippen LogP contribution in [0.4, 0.5) is 13.2 Å². The van der Waals surface area contributed by atoms with E-state index < -0.39 is 17.6 Å². The van der Waals surface area contributed by atoms with Crippen LogP contribution in [0.3, 0.4) is 0 Å². The zero-order chi connectivity index (χ0) is 15.9. The summed E-state index contributed by atoms with van der Waals surface area (Å²) < 4.78 is 39.9. The molecule has 0 saturated carbocycles. The molecule has 0 radical (unpaired) electrons. The first kappa shape index (κ1) is 15.3. The molecule has 2 N–H and O–H groups in total. The monoisotopic (exact) mass is 312 g/mol. The van der Waals surface area contributed by atoms with Crippen LogP contribution in [0.25, 0.3) is 0 Å². The van der Waals surface area contributed by atoms with Crippen molar-refractivity contribution in [2.75, 3.05) is 0 Å². The molecule has 1 aromatic rings. The number of benzene rings is 1. The summed E-state index contributed by atoms with van der Waals surface area (Å²) in [6.45, 7) is 2.02. The summed E-state index contributed by atoms with van der Waals surface area (Å²) in [6, 6.07) is 3.06. The molecule has 1 amide bonds. The van der Waals surface area contributed by atoms with Crippen molar-refractivity contribution in [2.45, 2.75) is 57.4 Å². The zero-order valence-electron chi connectivity index (χ0n) is 12.4. The Balaban J connectivity index is 2.02. The normalized spacial score (nSPS) is 25.0. The number of carbonyl (C=O) groups is 1. The van der Waals surface area contributed by atoms with E-state index in [9.17, 15) is 18.0 Å². The van der Waals surface area contributed by atoms with Gasteiger partial charge in [0.1, 0.15) is 0 Å². The maximum absolute atomic E-state index is 13.3. The molecule has 0 unspecified atom stereocenters. The Labute approximate surface area is 127 Å². The van der Waals surface area contributed by atoms with Crippen molar-refractivity contribution in [3.05, 3.63) is 34.4 Å². The molecule has 0 aliphatic carbocycles. The average molecular weight is 312 g/mol. The molecule has 1 aromatic carbocycles. The number of amides is 1. The Bertz CT molecular complexity index is 598. The molecule has 1 fully saturated rings. The third kappa shape index (κ3) is 2.72. The van der Waals surface area contributed by atoms with Crippen LogP contribution >= 0.6 is 0 Å². The van der Waals surface area contributed by atoms with Crippen molar-refractivity contribution in [2.24, 2.45) is 0 Å². The lowest BCUT2D eigenvalue weighted by atomic mass is 9.89. The summed E-state index contributed by atoms with van der Waals surface area (Å²) in [5.41, 5.74) is 0.134. The third-order valence-corrected chi connectivity index (χ3v) is 4.63. The molecule has 2 heterocycles. The molecular formula is C16H19F3N2O. The van der Waals surface area contributed by atoms with Gasteiger partial charge in [0.25, 0.3) is 5.91 Å². The zero-order valence-corrected chi connectivity index (χ0v) is 12.4. The number of alkyl halides is 3. The maximum Gasteiger partial charge on any atom is 0.416 e. The van der Waals surface area contributed by atoms with Gasteiger partial charge >= 0.3 is 6.18 Å². The molecule has 0 aromatic heterocycles. The molecule has 6 heteroatoms.